The highest BCUT2D eigenvalue weighted by Gasteiger charge is 2.31. The van der Waals surface area contributed by atoms with Gasteiger partial charge in [0, 0.05) is 18.0 Å². The van der Waals surface area contributed by atoms with Crippen LogP contribution < -0.4 is 4.90 Å². The first kappa shape index (κ1) is 16.0. The Balaban J connectivity index is 2.15. The highest BCUT2D eigenvalue weighted by Crippen LogP contribution is 2.42. The van der Waals surface area contributed by atoms with Gasteiger partial charge in [0.1, 0.15) is 16.8 Å². The number of hydrogen-bond donors (Lipinski definition) is 1. The fourth-order valence-corrected chi connectivity index (χ4v) is 3.48. The molecule has 0 aliphatic carbocycles. The van der Waals surface area contributed by atoms with E-state index in [2.05, 4.69) is 16.0 Å². The third-order valence-electron chi connectivity index (χ3n) is 3.94. The van der Waals surface area contributed by atoms with Crippen LogP contribution in [-0.2, 0) is 0 Å². The predicted molar refractivity (Wildman–Crippen MR) is 89.4 cm³/mol. The first-order chi connectivity index (χ1) is 11.0. The number of halogens is 2. The monoisotopic (exact) mass is 348 g/mol. The Bertz CT molecular complexity index is 803. The number of nitriles is 1. The lowest BCUT2D eigenvalue weighted by atomic mass is 9.93. The summed E-state index contributed by atoms with van der Waals surface area (Å²) < 4.78 is 0. The Morgan fingerprint density at radius 3 is 2.83 bits per heavy atom. The summed E-state index contributed by atoms with van der Waals surface area (Å²) in [5.74, 6) is 1.13. The number of aliphatic hydroxyl groups is 1. The summed E-state index contributed by atoms with van der Waals surface area (Å²) in [7, 11) is 0. The van der Waals surface area contributed by atoms with Gasteiger partial charge in [0.25, 0.3) is 0 Å². The average Bonchev–Trinajstić information content (AvgIpc) is 2.53. The molecule has 2 aromatic rings. The Morgan fingerprint density at radius 2 is 2.17 bits per heavy atom. The number of aromatic nitrogens is 2. The molecule has 1 unspecified atom stereocenters. The van der Waals surface area contributed by atoms with Crippen LogP contribution in [0.1, 0.15) is 29.3 Å². The molecule has 1 aromatic heterocycles. The van der Waals surface area contributed by atoms with E-state index in [-0.39, 0.29) is 12.5 Å². The van der Waals surface area contributed by atoms with Crippen LogP contribution in [-0.4, -0.2) is 28.2 Å². The van der Waals surface area contributed by atoms with Crippen LogP contribution in [0.15, 0.2) is 18.2 Å². The molecule has 2 heterocycles. The molecule has 118 valence electrons. The molecular formula is C16H14Cl2N4O. The van der Waals surface area contributed by atoms with Crippen molar-refractivity contribution in [2.75, 3.05) is 18.1 Å². The Kier molecular flexibility index (Phi) is 4.40. The van der Waals surface area contributed by atoms with Gasteiger partial charge in [-0.25, -0.2) is 9.97 Å². The van der Waals surface area contributed by atoms with Gasteiger partial charge in [0.15, 0.2) is 0 Å². The van der Waals surface area contributed by atoms with Gasteiger partial charge in [-0.05, 0) is 31.5 Å². The van der Waals surface area contributed by atoms with E-state index in [0.717, 1.165) is 11.3 Å². The van der Waals surface area contributed by atoms with Crippen molar-refractivity contribution in [2.24, 2.45) is 0 Å². The standard InChI is InChI=1S/C16H14Cl2N4O/c1-9-20-15(18)14-11(8-23)4-5-22(16(14)21-9)13-3-2-10(7-19)6-12(13)17/h2-3,6,11,23H,4-5,8H2,1H3. The molecule has 1 N–H and O–H groups in total. The minimum Gasteiger partial charge on any atom is -0.396 e. The lowest BCUT2D eigenvalue weighted by Crippen LogP contribution is -2.30. The van der Waals surface area contributed by atoms with Crippen molar-refractivity contribution in [1.29, 1.82) is 5.26 Å². The molecule has 1 aliphatic heterocycles. The molecular weight excluding hydrogens is 335 g/mol. The third kappa shape index (κ3) is 2.86. The van der Waals surface area contributed by atoms with Crippen molar-refractivity contribution >= 4 is 34.7 Å². The minimum atomic E-state index is -0.0912. The summed E-state index contributed by atoms with van der Waals surface area (Å²) in [6, 6.07) is 7.22. The number of nitrogens with zero attached hydrogens (tertiary/aromatic N) is 4. The van der Waals surface area contributed by atoms with Crippen LogP contribution in [0.5, 0.6) is 0 Å². The molecule has 0 saturated heterocycles. The highest BCUT2D eigenvalue weighted by molar-refractivity contribution is 6.33. The van der Waals surface area contributed by atoms with E-state index in [1.165, 1.54) is 0 Å². The quantitative estimate of drug-likeness (QED) is 0.839. The van der Waals surface area contributed by atoms with Crippen LogP contribution >= 0.6 is 23.2 Å². The van der Waals surface area contributed by atoms with E-state index in [1.807, 2.05) is 4.90 Å². The summed E-state index contributed by atoms with van der Waals surface area (Å²) in [6.45, 7) is 2.41. The van der Waals surface area contributed by atoms with Gasteiger partial charge in [0.2, 0.25) is 0 Å². The van der Waals surface area contributed by atoms with Gasteiger partial charge in [-0.15, -0.1) is 0 Å². The van der Waals surface area contributed by atoms with Gasteiger partial charge in [0.05, 0.1) is 28.9 Å². The van der Waals surface area contributed by atoms with Crippen LogP contribution in [0.2, 0.25) is 10.2 Å². The zero-order chi connectivity index (χ0) is 16.6. The second kappa shape index (κ2) is 6.32. The maximum atomic E-state index is 9.62. The molecule has 1 aromatic carbocycles. The topological polar surface area (TPSA) is 73.0 Å². The summed E-state index contributed by atoms with van der Waals surface area (Å²) >= 11 is 12.6. The van der Waals surface area contributed by atoms with Gasteiger partial charge >= 0.3 is 0 Å². The molecule has 7 heteroatoms. The maximum Gasteiger partial charge on any atom is 0.141 e. The Hall–Kier alpha value is -1.87. The van der Waals surface area contributed by atoms with Crippen molar-refractivity contribution in [2.45, 2.75) is 19.3 Å². The van der Waals surface area contributed by atoms with Gasteiger partial charge in [-0.2, -0.15) is 5.26 Å². The number of aliphatic hydroxyl groups excluding tert-OH is 1. The molecule has 0 saturated carbocycles. The fourth-order valence-electron chi connectivity index (χ4n) is 2.84. The van der Waals surface area contributed by atoms with Gasteiger partial charge < -0.3 is 10.0 Å². The summed E-state index contributed by atoms with van der Waals surface area (Å²) in [4.78, 5) is 10.7. The molecule has 0 fully saturated rings. The van der Waals surface area contributed by atoms with Crippen LogP contribution in [0.25, 0.3) is 0 Å². The molecule has 5 nitrogen and oxygen atoms in total. The minimum absolute atomic E-state index is 0.00587. The maximum absolute atomic E-state index is 9.62. The number of anilines is 2. The summed E-state index contributed by atoms with van der Waals surface area (Å²) in [5.41, 5.74) is 2.00. The Morgan fingerprint density at radius 1 is 1.39 bits per heavy atom. The first-order valence-corrected chi connectivity index (χ1v) is 7.92. The average molecular weight is 349 g/mol. The largest absolute Gasteiger partial charge is 0.396 e. The molecule has 0 spiro atoms. The van der Waals surface area contributed by atoms with Gasteiger partial charge in [-0.3, -0.25) is 0 Å². The Labute approximate surface area is 144 Å². The van der Waals surface area contributed by atoms with Crippen LogP contribution in [0.4, 0.5) is 11.5 Å². The number of hydrogen-bond acceptors (Lipinski definition) is 5. The zero-order valence-corrected chi connectivity index (χ0v) is 13.9. The van der Waals surface area contributed by atoms with Crippen molar-refractivity contribution in [3.05, 3.63) is 45.3 Å². The predicted octanol–water partition coefficient (Wildman–Crippen LogP) is 3.58. The molecule has 3 rings (SSSR count). The van der Waals surface area contributed by atoms with Gasteiger partial charge in [-0.1, -0.05) is 23.2 Å². The van der Waals surface area contributed by atoms with Crippen molar-refractivity contribution in [3.63, 3.8) is 0 Å². The molecule has 0 radical (unpaired) electrons. The molecule has 0 amide bonds. The van der Waals surface area contributed by atoms with Crippen molar-refractivity contribution in [3.8, 4) is 6.07 Å². The van der Waals surface area contributed by atoms with Crippen LogP contribution in [0.3, 0.4) is 0 Å². The summed E-state index contributed by atoms with van der Waals surface area (Å²) in [6.07, 6.45) is 0.714. The number of rotatable bonds is 2. The first-order valence-electron chi connectivity index (χ1n) is 7.17. The smallest absolute Gasteiger partial charge is 0.141 e. The number of aryl methyl sites for hydroxylation is 1. The second-order valence-electron chi connectivity index (χ2n) is 5.40. The van der Waals surface area contributed by atoms with E-state index < -0.39 is 0 Å². The van der Waals surface area contributed by atoms with Crippen LogP contribution in [0, 0.1) is 18.3 Å². The fraction of sp³-hybridized carbons (Fsp3) is 0.312. The number of fused-ring (bicyclic) bond motifs is 1. The molecule has 1 aliphatic rings. The van der Waals surface area contributed by atoms with E-state index in [1.54, 1.807) is 25.1 Å². The highest BCUT2D eigenvalue weighted by atomic mass is 35.5. The normalized spacial score (nSPS) is 16.8. The van der Waals surface area contributed by atoms with Crippen molar-refractivity contribution < 1.29 is 5.11 Å². The lowest BCUT2D eigenvalue weighted by Gasteiger charge is -2.34. The SMILES string of the molecule is Cc1nc(Cl)c2c(n1)N(c1ccc(C#N)cc1Cl)CCC2CO. The lowest BCUT2D eigenvalue weighted by molar-refractivity contribution is 0.257. The van der Waals surface area contributed by atoms with E-state index in [0.29, 0.717) is 40.3 Å². The van der Waals surface area contributed by atoms with E-state index >= 15 is 0 Å². The number of benzene rings is 1. The molecule has 1 atom stereocenters. The summed E-state index contributed by atoms with van der Waals surface area (Å²) in [5, 5.41) is 19.4. The third-order valence-corrected chi connectivity index (χ3v) is 4.53. The molecule has 0 bridgehead atoms. The second-order valence-corrected chi connectivity index (χ2v) is 6.16. The zero-order valence-electron chi connectivity index (χ0n) is 12.4. The molecule has 23 heavy (non-hydrogen) atoms. The van der Waals surface area contributed by atoms with E-state index in [9.17, 15) is 5.11 Å². The van der Waals surface area contributed by atoms with Crippen molar-refractivity contribution in [1.82, 2.24) is 9.97 Å². The van der Waals surface area contributed by atoms with E-state index in [4.69, 9.17) is 28.5 Å².